The van der Waals surface area contributed by atoms with Crippen molar-refractivity contribution in [1.29, 1.82) is 0 Å². The molecule has 0 N–H and O–H groups in total. The second-order valence-corrected chi connectivity index (χ2v) is 9.22. The first-order valence-corrected chi connectivity index (χ1v) is 11.1. The first-order chi connectivity index (χ1) is 14.1. The van der Waals surface area contributed by atoms with Crippen LogP contribution in [0, 0.1) is 0 Å². The number of benzene rings is 2. The summed E-state index contributed by atoms with van der Waals surface area (Å²) < 4.78 is 12.5. The predicted octanol–water partition coefficient (Wildman–Crippen LogP) is 4.89. The summed E-state index contributed by atoms with van der Waals surface area (Å²) in [6, 6.07) is 14.6. The van der Waals surface area contributed by atoms with Gasteiger partial charge in [-0.2, -0.15) is 0 Å². The molecule has 154 valence electrons. The molecule has 2 aromatic carbocycles. The van der Waals surface area contributed by atoms with Gasteiger partial charge in [0.05, 0.1) is 19.8 Å². The first-order valence-electron chi connectivity index (χ1n) is 10.3. The Balaban J connectivity index is 1.54. The second kappa shape index (κ2) is 7.75. The van der Waals surface area contributed by atoms with Crippen molar-refractivity contribution >= 4 is 28.9 Å². The highest BCUT2D eigenvalue weighted by Gasteiger charge is 2.47. The van der Waals surface area contributed by atoms with Gasteiger partial charge in [-0.15, -0.1) is 0 Å². The molecule has 2 atom stereocenters. The van der Waals surface area contributed by atoms with E-state index in [4.69, 9.17) is 32.7 Å². The minimum atomic E-state index is -0.769. The van der Waals surface area contributed by atoms with Gasteiger partial charge in [0.25, 0.3) is 0 Å². The summed E-state index contributed by atoms with van der Waals surface area (Å²) in [5, 5.41) is 1.53. The third-order valence-corrected chi connectivity index (χ3v) is 7.10. The molecule has 6 heteroatoms. The van der Waals surface area contributed by atoms with Crippen LogP contribution in [0.5, 0.6) is 0 Å². The summed E-state index contributed by atoms with van der Waals surface area (Å²) in [6.07, 6.45) is 2.25. The molecule has 0 saturated carbocycles. The van der Waals surface area contributed by atoms with Gasteiger partial charge in [-0.1, -0.05) is 35.3 Å². The third-order valence-electron chi connectivity index (χ3n) is 6.61. The van der Waals surface area contributed by atoms with E-state index >= 15 is 0 Å². The van der Waals surface area contributed by atoms with E-state index in [0.29, 0.717) is 31.7 Å². The molecule has 0 spiro atoms. The number of hydrogen-bond donors (Lipinski definition) is 0. The molecule has 3 aliphatic rings. The van der Waals surface area contributed by atoms with Gasteiger partial charge in [-0.05, 0) is 68.9 Å². The Kier molecular flexibility index (Phi) is 5.25. The van der Waals surface area contributed by atoms with Crippen molar-refractivity contribution in [1.82, 2.24) is 4.90 Å². The molecule has 2 unspecified atom stereocenters. The largest absolute Gasteiger partial charge is 0.362 e. The molecule has 3 aliphatic heterocycles. The van der Waals surface area contributed by atoms with Crippen LogP contribution in [0.1, 0.15) is 29.9 Å². The molecule has 4 nitrogen and oxygen atoms in total. The van der Waals surface area contributed by atoms with Crippen LogP contribution in [0.2, 0.25) is 10.0 Å². The molecule has 0 aromatic heterocycles. The number of fused-ring (bicyclic) bond motifs is 3. The average Bonchev–Trinajstić information content (AvgIpc) is 3.23. The zero-order valence-electron chi connectivity index (χ0n) is 16.6. The highest BCUT2D eigenvalue weighted by Crippen LogP contribution is 2.48. The summed E-state index contributed by atoms with van der Waals surface area (Å²) >= 11 is 12.5. The quantitative estimate of drug-likeness (QED) is 0.688. The summed E-state index contributed by atoms with van der Waals surface area (Å²) in [7, 11) is 2.21. The van der Waals surface area contributed by atoms with E-state index in [1.165, 1.54) is 11.3 Å². The van der Waals surface area contributed by atoms with E-state index in [0.717, 1.165) is 41.5 Å². The number of nitrogens with zero attached hydrogens (tertiary/aromatic N) is 2. The number of halogens is 2. The van der Waals surface area contributed by atoms with Crippen molar-refractivity contribution in [3.63, 3.8) is 0 Å². The van der Waals surface area contributed by atoms with E-state index in [2.05, 4.69) is 29.0 Å². The van der Waals surface area contributed by atoms with Crippen LogP contribution >= 0.6 is 23.2 Å². The summed E-state index contributed by atoms with van der Waals surface area (Å²) in [6.45, 7) is 4.06. The zero-order valence-corrected chi connectivity index (χ0v) is 18.1. The molecule has 5 rings (SSSR count). The van der Waals surface area contributed by atoms with Gasteiger partial charge in [0.15, 0.2) is 0 Å². The molecule has 0 aliphatic carbocycles. The number of rotatable bonds is 3. The number of anilines is 1. The van der Waals surface area contributed by atoms with Gasteiger partial charge in [-0.25, -0.2) is 0 Å². The van der Waals surface area contributed by atoms with Gasteiger partial charge in [-0.3, -0.25) is 0 Å². The van der Waals surface area contributed by atoms with E-state index < -0.39 is 5.79 Å². The standard InChI is InChI=1S/C23H26Cl2N2O2/c1-26-10-8-19-20-14-18(25)6-7-21(20)27(22(19)9-11-26)15-23(28-12-13-29-23)16-2-4-17(24)5-3-16/h2-7,14,19,22H,8-13,15H2,1H3. The Morgan fingerprint density at radius 3 is 2.41 bits per heavy atom. The van der Waals surface area contributed by atoms with E-state index in [-0.39, 0.29) is 0 Å². The summed E-state index contributed by atoms with van der Waals surface area (Å²) in [5.41, 5.74) is 3.65. The van der Waals surface area contributed by atoms with E-state index in [9.17, 15) is 0 Å². The Morgan fingerprint density at radius 1 is 0.966 bits per heavy atom. The lowest BCUT2D eigenvalue weighted by molar-refractivity contribution is -0.158. The fraction of sp³-hybridized carbons (Fsp3) is 0.478. The van der Waals surface area contributed by atoms with Crippen LogP contribution < -0.4 is 4.90 Å². The van der Waals surface area contributed by atoms with Crippen molar-refractivity contribution in [2.45, 2.75) is 30.6 Å². The lowest BCUT2D eigenvalue weighted by Gasteiger charge is -2.37. The Labute approximate surface area is 182 Å². The van der Waals surface area contributed by atoms with Gasteiger partial charge in [0.1, 0.15) is 0 Å². The molecule has 29 heavy (non-hydrogen) atoms. The lowest BCUT2D eigenvalue weighted by Crippen LogP contribution is -2.46. The average molecular weight is 433 g/mol. The van der Waals surface area contributed by atoms with Gasteiger partial charge >= 0.3 is 0 Å². The maximum absolute atomic E-state index is 6.39. The maximum atomic E-state index is 6.39. The monoisotopic (exact) mass is 432 g/mol. The topological polar surface area (TPSA) is 24.9 Å². The van der Waals surface area contributed by atoms with Crippen molar-refractivity contribution in [3.05, 3.63) is 63.6 Å². The van der Waals surface area contributed by atoms with Crippen LogP contribution in [-0.2, 0) is 15.3 Å². The van der Waals surface area contributed by atoms with Crippen LogP contribution in [0.25, 0.3) is 0 Å². The molecule has 0 amide bonds. The van der Waals surface area contributed by atoms with Gasteiger partial charge in [0.2, 0.25) is 5.79 Å². The Bertz CT molecular complexity index is 883. The summed E-state index contributed by atoms with van der Waals surface area (Å²) in [4.78, 5) is 4.94. The van der Waals surface area contributed by atoms with Crippen molar-refractivity contribution in [2.24, 2.45) is 0 Å². The van der Waals surface area contributed by atoms with Crippen LogP contribution in [-0.4, -0.2) is 50.8 Å². The highest BCUT2D eigenvalue weighted by molar-refractivity contribution is 6.31. The molecular weight excluding hydrogens is 407 g/mol. The van der Waals surface area contributed by atoms with Crippen LogP contribution in [0.15, 0.2) is 42.5 Å². The highest BCUT2D eigenvalue weighted by atomic mass is 35.5. The Hall–Kier alpha value is -1.30. The van der Waals surface area contributed by atoms with E-state index in [1.807, 2.05) is 30.3 Å². The lowest BCUT2D eigenvalue weighted by atomic mass is 9.91. The van der Waals surface area contributed by atoms with Crippen LogP contribution in [0.4, 0.5) is 5.69 Å². The minimum absolute atomic E-state index is 0.422. The smallest absolute Gasteiger partial charge is 0.213 e. The Morgan fingerprint density at radius 2 is 1.66 bits per heavy atom. The SMILES string of the molecule is CN1CCC2c3cc(Cl)ccc3N(CC3(c4ccc(Cl)cc4)OCCO3)C2CC1. The third kappa shape index (κ3) is 3.55. The molecule has 2 fully saturated rings. The molecule has 3 heterocycles. The van der Waals surface area contributed by atoms with E-state index in [1.54, 1.807) is 0 Å². The maximum Gasteiger partial charge on any atom is 0.213 e. The van der Waals surface area contributed by atoms with Crippen molar-refractivity contribution in [2.75, 3.05) is 44.8 Å². The predicted molar refractivity (Wildman–Crippen MR) is 117 cm³/mol. The fourth-order valence-corrected chi connectivity index (χ4v) is 5.46. The van der Waals surface area contributed by atoms with Crippen LogP contribution in [0.3, 0.4) is 0 Å². The molecule has 2 aromatic rings. The second-order valence-electron chi connectivity index (χ2n) is 8.34. The first kappa shape index (κ1) is 19.7. The number of ether oxygens (including phenoxy) is 2. The normalized spacial score (nSPS) is 26.2. The van der Waals surface area contributed by atoms with Gasteiger partial charge < -0.3 is 19.3 Å². The van der Waals surface area contributed by atoms with Crippen molar-refractivity contribution in [3.8, 4) is 0 Å². The molecule has 2 saturated heterocycles. The van der Waals surface area contributed by atoms with Gasteiger partial charge in [0, 0.05) is 33.3 Å². The molecular formula is C23H26Cl2N2O2. The summed E-state index contributed by atoms with van der Waals surface area (Å²) in [5.74, 6) is -0.286. The zero-order chi connectivity index (χ0) is 20.0. The molecule has 0 bridgehead atoms. The fourth-order valence-electron chi connectivity index (χ4n) is 5.15. The van der Waals surface area contributed by atoms with Crippen molar-refractivity contribution < 1.29 is 9.47 Å². The molecule has 0 radical (unpaired) electrons. The number of likely N-dealkylation sites (tertiary alicyclic amines) is 1. The minimum Gasteiger partial charge on any atom is -0.362 e. The number of hydrogen-bond acceptors (Lipinski definition) is 4.